The Labute approximate surface area is 187 Å². The van der Waals surface area contributed by atoms with Gasteiger partial charge in [-0.05, 0) is 24.3 Å². The third-order valence-corrected chi connectivity index (χ3v) is 6.90. The predicted octanol–water partition coefficient (Wildman–Crippen LogP) is 3.59. The van der Waals surface area contributed by atoms with Crippen molar-refractivity contribution in [2.45, 2.75) is 9.77 Å². The summed E-state index contributed by atoms with van der Waals surface area (Å²) in [5.41, 5.74) is 7.30. The largest absolute Gasteiger partial charge is 0.507 e. The molecule has 0 saturated carbocycles. The van der Waals surface area contributed by atoms with Gasteiger partial charge >= 0.3 is 5.91 Å². The fourth-order valence-electron chi connectivity index (χ4n) is 3.98. The van der Waals surface area contributed by atoms with Crippen LogP contribution in [-0.2, 0) is 14.4 Å². The minimum atomic E-state index is -1.88. The van der Waals surface area contributed by atoms with E-state index in [0.717, 1.165) is 16.7 Å². The number of hydrogen-bond acceptors (Lipinski definition) is 6. The molecular formula is C24H17N3O4S. The number of amides is 2. The number of nitrogens with zero attached hydrogens (tertiary/aromatic N) is 1. The Bertz CT molecular complexity index is 1320. The number of Topliss-reactive ketones (excluding diaryl/α,β-unsaturated/α-hetero) is 1. The molecule has 4 N–H and O–H groups in total. The standard InChI is InChI=1S/C24H17N3O4S/c25-15-10-4-7-13-18(15)32-24-19(20(28)14-8-2-1-3-9-14)21(29)22(30)27(24)17-12-6-5-11-16(17)26-23(24)31/h1-13,28H,25H2,(H,26,31). The molecule has 1 saturated heterocycles. The summed E-state index contributed by atoms with van der Waals surface area (Å²) in [6, 6.07) is 21.9. The van der Waals surface area contributed by atoms with Crippen LogP contribution in [-0.4, -0.2) is 27.6 Å². The second-order valence-corrected chi connectivity index (χ2v) is 8.55. The van der Waals surface area contributed by atoms with Crippen molar-refractivity contribution in [3.8, 4) is 0 Å². The number of nitrogens with one attached hydrogen (secondary N) is 1. The van der Waals surface area contributed by atoms with Gasteiger partial charge < -0.3 is 16.2 Å². The highest BCUT2D eigenvalue weighted by Gasteiger charge is 2.65. The quantitative estimate of drug-likeness (QED) is 0.247. The average Bonchev–Trinajstić information content (AvgIpc) is 3.03. The molecule has 2 heterocycles. The molecule has 8 heteroatoms. The number of thioether (sulfide) groups is 1. The van der Waals surface area contributed by atoms with Gasteiger partial charge in [0.1, 0.15) is 5.76 Å². The Morgan fingerprint density at radius 3 is 2.31 bits per heavy atom. The molecule has 3 aromatic rings. The summed E-state index contributed by atoms with van der Waals surface area (Å²) in [6.07, 6.45) is 0. The molecule has 0 aromatic heterocycles. The zero-order valence-electron chi connectivity index (χ0n) is 16.6. The van der Waals surface area contributed by atoms with Gasteiger partial charge in [0.2, 0.25) is 4.87 Å². The first-order valence-corrected chi connectivity index (χ1v) is 10.6. The van der Waals surface area contributed by atoms with Crippen molar-refractivity contribution in [2.75, 3.05) is 16.0 Å². The van der Waals surface area contributed by atoms with E-state index in [-0.39, 0.29) is 5.57 Å². The summed E-state index contributed by atoms with van der Waals surface area (Å²) < 4.78 is 0. The van der Waals surface area contributed by atoms with Gasteiger partial charge in [-0.1, -0.05) is 66.4 Å². The average molecular weight is 443 g/mol. The van der Waals surface area contributed by atoms with Crippen LogP contribution in [0.4, 0.5) is 17.1 Å². The third kappa shape index (κ3) is 2.73. The molecule has 2 amide bonds. The summed E-state index contributed by atoms with van der Waals surface area (Å²) >= 11 is 0.949. The molecule has 1 atom stereocenters. The molecular weight excluding hydrogens is 426 g/mol. The molecule has 158 valence electrons. The molecule has 0 aliphatic carbocycles. The fraction of sp³-hybridized carbons (Fsp3) is 0.0417. The van der Waals surface area contributed by atoms with Crippen LogP contribution in [0.25, 0.3) is 5.76 Å². The topological polar surface area (TPSA) is 113 Å². The highest BCUT2D eigenvalue weighted by atomic mass is 32.2. The predicted molar refractivity (Wildman–Crippen MR) is 123 cm³/mol. The molecule has 2 aliphatic rings. The molecule has 1 unspecified atom stereocenters. The lowest BCUT2D eigenvalue weighted by Crippen LogP contribution is -2.56. The van der Waals surface area contributed by atoms with E-state index in [1.54, 1.807) is 78.9 Å². The maximum atomic E-state index is 13.6. The molecule has 0 radical (unpaired) electrons. The van der Waals surface area contributed by atoms with E-state index >= 15 is 0 Å². The monoisotopic (exact) mass is 443 g/mol. The molecule has 0 spiro atoms. The van der Waals surface area contributed by atoms with Crippen LogP contribution in [0.1, 0.15) is 5.56 Å². The van der Waals surface area contributed by atoms with Gasteiger partial charge in [0, 0.05) is 16.1 Å². The molecule has 0 bridgehead atoms. The number of hydrogen-bond donors (Lipinski definition) is 3. The Morgan fingerprint density at radius 2 is 1.56 bits per heavy atom. The number of carbonyl (C=O) groups excluding carboxylic acids is 3. The SMILES string of the molecule is Nc1ccccc1SC12C(=O)Nc3ccccc3N1C(=O)C(=O)C2=C(O)c1ccccc1. The number of aliphatic hydroxyl groups excluding tert-OH is 1. The van der Waals surface area contributed by atoms with Crippen LogP contribution in [0.15, 0.2) is 89.3 Å². The van der Waals surface area contributed by atoms with Crippen LogP contribution in [0.2, 0.25) is 0 Å². The van der Waals surface area contributed by atoms with Gasteiger partial charge in [0.05, 0.1) is 16.9 Å². The number of para-hydroxylation sites is 3. The lowest BCUT2D eigenvalue weighted by molar-refractivity contribution is -0.132. The lowest BCUT2D eigenvalue weighted by atomic mass is 9.98. The van der Waals surface area contributed by atoms with E-state index in [9.17, 15) is 19.5 Å². The van der Waals surface area contributed by atoms with Crippen molar-refractivity contribution in [3.63, 3.8) is 0 Å². The van der Waals surface area contributed by atoms with E-state index in [2.05, 4.69) is 5.32 Å². The number of fused-ring (bicyclic) bond motifs is 3. The zero-order chi connectivity index (χ0) is 22.5. The van der Waals surface area contributed by atoms with E-state index in [1.807, 2.05) is 0 Å². The lowest BCUT2D eigenvalue weighted by Gasteiger charge is -2.41. The van der Waals surface area contributed by atoms with Crippen molar-refractivity contribution >= 4 is 52.2 Å². The van der Waals surface area contributed by atoms with Crippen LogP contribution in [0.3, 0.4) is 0 Å². The number of ketones is 1. The first-order chi connectivity index (χ1) is 15.4. The third-order valence-electron chi connectivity index (χ3n) is 5.44. The number of aliphatic hydroxyl groups is 1. The highest BCUT2D eigenvalue weighted by molar-refractivity contribution is 8.02. The minimum Gasteiger partial charge on any atom is -0.507 e. The Hall–Kier alpha value is -4.04. The normalized spacial score (nSPS) is 21.1. The summed E-state index contributed by atoms with van der Waals surface area (Å²) in [4.78, 5) is 40.0. The molecule has 3 aromatic carbocycles. The van der Waals surface area contributed by atoms with Gasteiger partial charge in [-0.2, -0.15) is 0 Å². The fourth-order valence-corrected chi connectivity index (χ4v) is 5.34. The Kier molecular flexibility index (Phi) is 4.53. The molecule has 1 fully saturated rings. The highest BCUT2D eigenvalue weighted by Crippen LogP contribution is 2.54. The second-order valence-electron chi connectivity index (χ2n) is 7.31. The number of rotatable bonds is 3. The first-order valence-electron chi connectivity index (χ1n) is 9.77. The minimum absolute atomic E-state index is 0.297. The second kappa shape index (κ2) is 7.28. The van der Waals surface area contributed by atoms with Crippen LogP contribution >= 0.6 is 11.8 Å². The summed E-state index contributed by atoms with van der Waals surface area (Å²) in [7, 11) is 0. The summed E-state index contributed by atoms with van der Waals surface area (Å²) in [5.74, 6) is -2.89. The number of anilines is 3. The number of nitrogen functional groups attached to an aromatic ring is 1. The van der Waals surface area contributed by atoms with Crippen molar-refractivity contribution in [2.24, 2.45) is 0 Å². The Balaban J connectivity index is 1.83. The van der Waals surface area contributed by atoms with Crippen molar-refractivity contribution in [3.05, 3.63) is 90.0 Å². The molecule has 32 heavy (non-hydrogen) atoms. The van der Waals surface area contributed by atoms with Gasteiger partial charge in [0.25, 0.3) is 11.7 Å². The van der Waals surface area contributed by atoms with Crippen LogP contribution in [0.5, 0.6) is 0 Å². The van der Waals surface area contributed by atoms with Crippen molar-refractivity contribution < 1.29 is 19.5 Å². The van der Waals surface area contributed by atoms with Crippen LogP contribution in [0, 0.1) is 0 Å². The zero-order valence-corrected chi connectivity index (χ0v) is 17.4. The maximum absolute atomic E-state index is 13.6. The van der Waals surface area contributed by atoms with E-state index in [0.29, 0.717) is 27.5 Å². The van der Waals surface area contributed by atoms with Gasteiger partial charge in [-0.15, -0.1) is 0 Å². The van der Waals surface area contributed by atoms with Gasteiger partial charge in [0.15, 0.2) is 0 Å². The first kappa shape index (κ1) is 19.9. The van der Waals surface area contributed by atoms with Gasteiger partial charge in [-0.3, -0.25) is 19.3 Å². The summed E-state index contributed by atoms with van der Waals surface area (Å²) in [5, 5.41) is 14.0. The molecule has 2 aliphatic heterocycles. The van der Waals surface area contributed by atoms with Crippen LogP contribution < -0.4 is 16.0 Å². The van der Waals surface area contributed by atoms with Crippen molar-refractivity contribution in [1.29, 1.82) is 0 Å². The molecule has 5 rings (SSSR count). The van der Waals surface area contributed by atoms with Gasteiger partial charge in [-0.25, -0.2) is 0 Å². The Morgan fingerprint density at radius 1 is 0.906 bits per heavy atom. The summed E-state index contributed by atoms with van der Waals surface area (Å²) in [6.45, 7) is 0. The number of carbonyl (C=O) groups is 3. The van der Waals surface area contributed by atoms with E-state index in [1.165, 1.54) is 0 Å². The van der Waals surface area contributed by atoms with E-state index < -0.39 is 28.2 Å². The molecule has 7 nitrogen and oxygen atoms in total. The smallest absolute Gasteiger partial charge is 0.301 e. The van der Waals surface area contributed by atoms with E-state index in [4.69, 9.17) is 5.73 Å². The number of benzene rings is 3. The number of nitrogens with two attached hydrogens (primary N) is 1. The maximum Gasteiger partial charge on any atom is 0.301 e. The van der Waals surface area contributed by atoms with Crippen molar-refractivity contribution in [1.82, 2.24) is 0 Å².